The van der Waals surface area contributed by atoms with Gasteiger partial charge in [-0.15, -0.1) is 0 Å². The Labute approximate surface area is 108 Å². The molecule has 0 saturated heterocycles. The first-order valence-electron chi connectivity index (χ1n) is 5.80. The summed E-state index contributed by atoms with van der Waals surface area (Å²) in [5.74, 6) is -0.108. The van der Waals surface area contributed by atoms with Gasteiger partial charge in [0.15, 0.2) is 0 Å². The van der Waals surface area contributed by atoms with Crippen molar-refractivity contribution in [1.29, 1.82) is 0 Å². The number of amides is 1. The Bertz CT molecular complexity index is 416. The molecule has 0 bridgehead atoms. The fraction of sp³-hybridized carbons (Fsp3) is 0.538. The Balaban J connectivity index is 2.86. The third kappa shape index (κ3) is 4.00. The Morgan fingerprint density at radius 3 is 2.72 bits per heavy atom. The van der Waals surface area contributed by atoms with Crippen LogP contribution in [0.5, 0.6) is 0 Å². The summed E-state index contributed by atoms with van der Waals surface area (Å²) in [7, 11) is 5.08. The Kier molecular flexibility index (Phi) is 4.67. The number of nitrogens with one attached hydrogen (secondary N) is 1. The summed E-state index contributed by atoms with van der Waals surface area (Å²) in [4.78, 5) is 17.4. The second-order valence-electron chi connectivity index (χ2n) is 5.07. The zero-order chi connectivity index (χ0) is 13.8. The third-order valence-corrected chi connectivity index (χ3v) is 2.37. The molecule has 0 atom stereocenters. The highest BCUT2D eigenvalue weighted by Crippen LogP contribution is 2.16. The number of aromatic nitrogens is 1. The molecule has 0 aliphatic rings. The van der Waals surface area contributed by atoms with Gasteiger partial charge >= 0.3 is 0 Å². The van der Waals surface area contributed by atoms with Crippen molar-refractivity contribution in [2.75, 3.05) is 33.1 Å². The first kappa shape index (κ1) is 14.4. The highest BCUT2D eigenvalue weighted by molar-refractivity contribution is 5.92. The number of anilines is 1. The van der Waals surface area contributed by atoms with E-state index in [4.69, 9.17) is 4.74 Å². The van der Waals surface area contributed by atoms with Crippen molar-refractivity contribution < 1.29 is 9.53 Å². The minimum Gasteiger partial charge on any atom is -0.382 e. The Hall–Kier alpha value is -1.62. The number of carbonyl (C=O) groups excluding carboxylic acids is 1. The molecule has 0 unspecified atom stereocenters. The fourth-order valence-corrected chi connectivity index (χ4v) is 1.64. The van der Waals surface area contributed by atoms with Crippen molar-refractivity contribution in [3.05, 3.63) is 24.0 Å². The van der Waals surface area contributed by atoms with Gasteiger partial charge in [-0.05, 0) is 26.0 Å². The third-order valence-electron chi connectivity index (χ3n) is 2.37. The van der Waals surface area contributed by atoms with E-state index in [0.29, 0.717) is 12.3 Å². The maximum atomic E-state index is 11.8. The van der Waals surface area contributed by atoms with Crippen molar-refractivity contribution >= 4 is 11.6 Å². The lowest BCUT2D eigenvalue weighted by molar-refractivity contribution is 0.0822. The average molecular weight is 251 g/mol. The summed E-state index contributed by atoms with van der Waals surface area (Å²) < 4.78 is 5.14. The normalized spacial score (nSPS) is 11.2. The molecule has 0 radical (unpaired) electrons. The lowest BCUT2D eigenvalue weighted by atomic mass is 10.1. The number of nitrogens with zero attached hydrogens (tertiary/aromatic N) is 2. The van der Waals surface area contributed by atoms with Gasteiger partial charge in [-0.2, -0.15) is 0 Å². The largest absolute Gasteiger partial charge is 0.382 e. The molecule has 0 aliphatic heterocycles. The molecule has 0 fully saturated rings. The van der Waals surface area contributed by atoms with Crippen LogP contribution in [-0.4, -0.2) is 49.1 Å². The zero-order valence-electron chi connectivity index (χ0n) is 11.7. The van der Waals surface area contributed by atoms with E-state index in [1.165, 1.54) is 4.90 Å². The molecule has 0 aliphatic carbocycles. The van der Waals surface area contributed by atoms with Gasteiger partial charge in [0, 0.05) is 33.1 Å². The molecule has 0 saturated carbocycles. The quantitative estimate of drug-likeness (QED) is 0.864. The smallest absolute Gasteiger partial charge is 0.272 e. The molecule has 1 heterocycles. The van der Waals surface area contributed by atoms with Crippen molar-refractivity contribution in [1.82, 2.24) is 9.88 Å². The van der Waals surface area contributed by atoms with E-state index in [1.807, 2.05) is 19.9 Å². The number of rotatable bonds is 5. The number of hydrogen-bond acceptors (Lipinski definition) is 4. The summed E-state index contributed by atoms with van der Waals surface area (Å²) in [6.07, 6.45) is 1.63. The topological polar surface area (TPSA) is 54.5 Å². The summed E-state index contributed by atoms with van der Waals surface area (Å²) in [6, 6.07) is 3.59. The highest BCUT2D eigenvalue weighted by atomic mass is 16.5. The molecule has 5 nitrogen and oxygen atoms in total. The Morgan fingerprint density at radius 1 is 1.50 bits per heavy atom. The van der Waals surface area contributed by atoms with Gasteiger partial charge in [0.05, 0.1) is 12.1 Å². The van der Waals surface area contributed by atoms with Gasteiger partial charge in [0.25, 0.3) is 5.91 Å². The van der Waals surface area contributed by atoms with E-state index in [9.17, 15) is 4.79 Å². The number of ether oxygens (including phenoxy) is 1. The molecule has 1 rings (SSSR count). The average Bonchev–Trinajstić information content (AvgIpc) is 2.27. The van der Waals surface area contributed by atoms with Crippen molar-refractivity contribution in [3.63, 3.8) is 0 Å². The molecule has 100 valence electrons. The summed E-state index contributed by atoms with van der Waals surface area (Å²) in [5, 5.41) is 3.32. The minimum absolute atomic E-state index is 0.108. The second kappa shape index (κ2) is 5.82. The van der Waals surface area contributed by atoms with Crippen LogP contribution in [0.4, 0.5) is 5.69 Å². The molecule has 0 aromatic carbocycles. The van der Waals surface area contributed by atoms with Crippen LogP contribution in [0, 0.1) is 0 Å². The number of hydrogen-bond donors (Lipinski definition) is 1. The van der Waals surface area contributed by atoms with Crippen LogP contribution in [0.25, 0.3) is 0 Å². The lowest BCUT2D eigenvalue weighted by Gasteiger charge is -2.26. The molecular weight excluding hydrogens is 230 g/mol. The first-order chi connectivity index (χ1) is 8.35. The van der Waals surface area contributed by atoms with E-state index >= 15 is 0 Å². The van der Waals surface area contributed by atoms with Gasteiger partial charge < -0.3 is 15.0 Å². The molecule has 1 aromatic rings. The fourth-order valence-electron chi connectivity index (χ4n) is 1.64. The lowest BCUT2D eigenvalue weighted by Crippen LogP contribution is -2.36. The van der Waals surface area contributed by atoms with Crippen molar-refractivity contribution in [2.24, 2.45) is 0 Å². The van der Waals surface area contributed by atoms with Crippen LogP contribution in [0.3, 0.4) is 0 Å². The zero-order valence-corrected chi connectivity index (χ0v) is 11.7. The number of pyridine rings is 1. The van der Waals surface area contributed by atoms with Crippen LogP contribution in [0.15, 0.2) is 18.3 Å². The molecule has 18 heavy (non-hydrogen) atoms. The molecule has 1 aromatic heterocycles. The molecule has 1 N–H and O–H groups in total. The van der Waals surface area contributed by atoms with Gasteiger partial charge in [0.1, 0.15) is 5.69 Å². The maximum absolute atomic E-state index is 11.8. The molecular formula is C13H21N3O2. The standard InChI is InChI=1S/C13H21N3O2/c1-13(2,9-18-5)15-10-6-7-14-11(8-10)12(17)16(3)4/h6-8H,9H2,1-5H3,(H,14,15). The van der Waals surface area contributed by atoms with Crippen LogP contribution in [0.1, 0.15) is 24.3 Å². The van der Waals surface area contributed by atoms with Gasteiger partial charge in [0.2, 0.25) is 0 Å². The van der Waals surface area contributed by atoms with E-state index in [-0.39, 0.29) is 11.4 Å². The highest BCUT2D eigenvalue weighted by Gasteiger charge is 2.18. The van der Waals surface area contributed by atoms with Crippen LogP contribution < -0.4 is 5.32 Å². The van der Waals surface area contributed by atoms with E-state index in [1.54, 1.807) is 33.5 Å². The Morgan fingerprint density at radius 2 is 2.17 bits per heavy atom. The SMILES string of the molecule is COCC(C)(C)Nc1ccnc(C(=O)N(C)C)c1. The molecule has 0 spiro atoms. The van der Waals surface area contributed by atoms with Crippen molar-refractivity contribution in [2.45, 2.75) is 19.4 Å². The summed E-state index contributed by atoms with van der Waals surface area (Å²) >= 11 is 0. The minimum atomic E-state index is -0.200. The van der Waals surface area contributed by atoms with Gasteiger partial charge in [-0.3, -0.25) is 9.78 Å². The monoisotopic (exact) mass is 251 g/mol. The summed E-state index contributed by atoms with van der Waals surface area (Å²) in [6.45, 7) is 4.64. The molecule has 5 heteroatoms. The maximum Gasteiger partial charge on any atom is 0.272 e. The van der Waals surface area contributed by atoms with E-state index < -0.39 is 0 Å². The van der Waals surface area contributed by atoms with Crippen LogP contribution in [0.2, 0.25) is 0 Å². The molecule has 1 amide bonds. The van der Waals surface area contributed by atoms with Crippen molar-refractivity contribution in [3.8, 4) is 0 Å². The predicted molar refractivity (Wildman–Crippen MR) is 71.8 cm³/mol. The van der Waals surface area contributed by atoms with Gasteiger partial charge in [-0.25, -0.2) is 0 Å². The van der Waals surface area contributed by atoms with Gasteiger partial charge in [-0.1, -0.05) is 0 Å². The summed E-state index contributed by atoms with van der Waals surface area (Å²) in [5.41, 5.74) is 1.09. The predicted octanol–water partition coefficient (Wildman–Crippen LogP) is 1.62. The van der Waals surface area contributed by atoms with E-state index in [0.717, 1.165) is 5.69 Å². The van der Waals surface area contributed by atoms with Crippen LogP contribution >= 0.6 is 0 Å². The first-order valence-corrected chi connectivity index (χ1v) is 5.80. The van der Waals surface area contributed by atoms with E-state index in [2.05, 4.69) is 10.3 Å². The number of methoxy groups -OCH3 is 1. The van der Waals surface area contributed by atoms with Crippen LogP contribution in [-0.2, 0) is 4.74 Å². The second-order valence-corrected chi connectivity index (χ2v) is 5.07. The number of carbonyl (C=O) groups is 1.